The van der Waals surface area contributed by atoms with Crippen LogP contribution in [-0.2, 0) is 13.1 Å². The molecule has 1 aromatic carbocycles. The lowest BCUT2D eigenvalue weighted by atomic mass is 9.85. The summed E-state index contributed by atoms with van der Waals surface area (Å²) in [5.74, 6) is 0.976. The van der Waals surface area contributed by atoms with E-state index in [1.807, 2.05) is 0 Å². The van der Waals surface area contributed by atoms with Crippen molar-refractivity contribution in [3.8, 4) is 0 Å². The van der Waals surface area contributed by atoms with Gasteiger partial charge in [-0.2, -0.15) is 0 Å². The molecule has 2 nitrogen and oxygen atoms in total. The van der Waals surface area contributed by atoms with E-state index in [0.29, 0.717) is 6.54 Å². The second-order valence-electron chi connectivity index (χ2n) is 5.84. The Labute approximate surface area is 110 Å². The Morgan fingerprint density at radius 2 is 1.83 bits per heavy atom. The van der Waals surface area contributed by atoms with Crippen LogP contribution in [0, 0.1) is 5.92 Å². The van der Waals surface area contributed by atoms with E-state index < -0.39 is 0 Å². The normalized spacial score (nSPS) is 28.3. The molecule has 18 heavy (non-hydrogen) atoms. The number of rotatable bonds is 3. The van der Waals surface area contributed by atoms with E-state index >= 15 is 0 Å². The number of hydrogen-bond donors (Lipinski definition) is 1. The fourth-order valence-electron chi connectivity index (χ4n) is 3.83. The van der Waals surface area contributed by atoms with Gasteiger partial charge in [0.05, 0.1) is 0 Å². The Morgan fingerprint density at radius 1 is 1.06 bits per heavy atom. The Morgan fingerprint density at radius 3 is 2.67 bits per heavy atom. The molecule has 0 amide bonds. The van der Waals surface area contributed by atoms with Crippen molar-refractivity contribution in [2.24, 2.45) is 11.7 Å². The lowest BCUT2D eigenvalue weighted by Crippen LogP contribution is -2.34. The highest BCUT2D eigenvalue weighted by atomic mass is 15.2. The van der Waals surface area contributed by atoms with Crippen molar-refractivity contribution in [1.29, 1.82) is 0 Å². The van der Waals surface area contributed by atoms with Gasteiger partial charge in [-0.05, 0) is 42.9 Å². The highest BCUT2D eigenvalue weighted by molar-refractivity contribution is 5.27. The topological polar surface area (TPSA) is 29.3 Å². The number of fused-ring (bicyclic) bond motifs is 1. The van der Waals surface area contributed by atoms with E-state index in [1.165, 1.54) is 49.8 Å². The maximum absolute atomic E-state index is 5.84. The molecule has 1 saturated carbocycles. The monoisotopic (exact) mass is 244 g/mol. The van der Waals surface area contributed by atoms with Gasteiger partial charge in [-0.1, -0.05) is 37.1 Å². The van der Waals surface area contributed by atoms with Crippen LogP contribution in [0.2, 0.25) is 0 Å². The molecule has 0 bridgehead atoms. The fourth-order valence-corrected chi connectivity index (χ4v) is 3.83. The van der Waals surface area contributed by atoms with Crippen LogP contribution in [-0.4, -0.2) is 17.5 Å². The van der Waals surface area contributed by atoms with Gasteiger partial charge in [0.15, 0.2) is 0 Å². The van der Waals surface area contributed by atoms with Gasteiger partial charge in [0, 0.05) is 19.1 Å². The van der Waals surface area contributed by atoms with Gasteiger partial charge in [-0.3, -0.25) is 4.90 Å². The molecule has 1 aliphatic heterocycles. The summed E-state index contributed by atoms with van der Waals surface area (Å²) in [6, 6.07) is 9.51. The van der Waals surface area contributed by atoms with Crippen LogP contribution in [0.25, 0.3) is 0 Å². The number of nitrogens with two attached hydrogens (primary N) is 1. The van der Waals surface area contributed by atoms with Crippen LogP contribution in [0.3, 0.4) is 0 Å². The Hall–Kier alpha value is -0.860. The molecule has 1 heterocycles. The highest BCUT2D eigenvalue weighted by Gasteiger charge is 2.35. The number of likely N-dealkylation sites (tertiary alicyclic amines) is 1. The van der Waals surface area contributed by atoms with Gasteiger partial charge in [0.1, 0.15) is 0 Å². The van der Waals surface area contributed by atoms with Crippen molar-refractivity contribution in [2.75, 3.05) is 6.54 Å². The summed E-state index contributed by atoms with van der Waals surface area (Å²) in [4.78, 5) is 2.71. The predicted octanol–water partition coefficient (Wildman–Crippen LogP) is 2.91. The van der Waals surface area contributed by atoms with Crippen LogP contribution < -0.4 is 5.73 Å². The zero-order chi connectivity index (χ0) is 12.4. The zero-order valence-electron chi connectivity index (χ0n) is 11.1. The average molecular weight is 244 g/mol. The number of nitrogens with zero attached hydrogens (tertiary/aromatic N) is 1. The Bertz CT molecular complexity index is 402. The summed E-state index contributed by atoms with van der Waals surface area (Å²) in [5.41, 5.74) is 8.59. The number of hydrogen-bond acceptors (Lipinski definition) is 2. The molecular formula is C16H24N2. The molecule has 0 aromatic heterocycles. The molecular weight excluding hydrogens is 220 g/mol. The van der Waals surface area contributed by atoms with E-state index in [2.05, 4.69) is 29.2 Å². The van der Waals surface area contributed by atoms with Crippen molar-refractivity contribution in [1.82, 2.24) is 4.90 Å². The Balaban J connectivity index is 1.72. The molecule has 2 unspecified atom stereocenters. The van der Waals surface area contributed by atoms with Gasteiger partial charge in [0.2, 0.25) is 0 Å². The van der Waals surface area contributed by atoms with Crippen LogP contribution in [0.15, 0.2) is 24.3 Å². The van der Waals surface area contributed by atoms with Crippen LogP contribution in [0.4, 0.5) is 0 Å². The lowest BCUT2D eigenvalue weighted by Gasteiger charge is -2.32. The molecule has 2 aliphatic rings. The van der Waals surface area contributed by atoms with Crippen molar-refractivity contribution < 1.29 is 0 Å². The first kappa shape index (κ1) is 12.2. The van der Waals surface area contributed by atoms with E-state index in [0.717, 1.165) is 18.5 Å². The SMILES string of the molecule is NCc1ccccc1CN1CCC2CCCCC21. The molecule has 1 aliphatic carbocycles. The van der Waals surface area contributed by atoms with E-state index in [1.54, 1.807) is 0 Å². The first-order valence-corrected chi connectivity index (χ1v) is 7.39. The predicted molar refractivity (Wildman–Crippen MR) is 75.1 cm³/mol. The molecule has 0 spiro atoms. The minimum atomic E-state index is 0.665. The Kier molecular flexibility index (Phi) is 3.67. The maximum Gasteiger partial charge on any atom is 0.0240 e. The van der Waals surface area contributed by atoms with Crippen molar-refractivity contribution in [3.05, 3.63) is 35.4 Å². The molecule has 2 fully saturated rings. The van der Waals surface area contributed by atoms with Gasteiger partial charge < -0.3 is 5.73 Å². The molecule has 2 atom stereocenters. The van der Waals surface area contributed by atoms with Crippen LogP contribution in [0.5, 0.6) is 0 Å². The molecule has 2 heteroatoms. The van der Waals surface area contributed by atoms with E-state index in [4.69, 9.17) is 5.73 Å². The molecule has 2 N–H and O–H groups in total. The summed E-state index contributed by atoms with van der Waals surface area (Å²) in [5, 5.41) is 0. The average Bonchev–Trinajstić information content (AvgIpc) is 2.83. The maximum atomic E-state index is 5.84. The minimum absolute atomic E-state index is 0.665. The second kappa shape index (κ2) is 5.41. The summed E-state index contributed by atoms with van der Waals surface area (Å²) in [6.45, 7) is 3.06. The second-order valence-corrected chi connectivity index (χ2v) is 5.84. The first-order chi connectivity index (χ1) is 8.88. The van der Waals surface area contributed by atoms with Crippen molar-refractivity contribution in [2.45, 2.75) is 51.2 Å². The minimum Gasteiger partial charge on any atom is -0.326 e. The molecule has 0 radical (unpaired) electrons. The smallest absolute Gasteiger partial charge is 0.0240 e. The third-order valence-electron chi connectivity index (χ3n) is 4.84. The van der Waals surface area contributed by atoms with Gasteiger partial charge in [-0.25, -0.2) is 0 Å². The summed E-state index contributed by atoms with van der Waals surface area (Å²) in [7, 11) is 0. The summed E-state index contributed by atoms with van der Waals surface area (Å²) < 4.78 is 0. The third-order valence-corrected chi connectivity index (χ3v) is 4.84. The van der Waals surface area contributed by atoms with Crippen molar-refractivity contribution in [3.63, 3.8) is 0 Å². The lowest BCUT2D eigenvalue weighted by molar-refractivity contribution is 0.175. The molecule has 1 saturated heterocycles. The van der Waals surface area contributed by atoms with Gasteiger partial charge in [-0.15, -0.1) is 0 Å². The number of benzene rings is 1. The summed E-state index contributed by atoms with van der Waals surface area (Å²) in [6.07, 6.45) is 7.16. The third kappa shape index (κ3) is 2.32. The van der Waals surface area contributed by atoms with Gasteiger partial charge >= 0.3 is 0 Å². The van der Waals surface area contributed by atoms with Crippen LogP contribution >= 0.6 is 0 Å². The quantitative estimate of drug-likeness (QED) is 0.886. The van der Waals surface area contributed by atoms with E-state index in [9.17, 15) is 0 Å². The fraction of sp³-hybridized carbons (Fsp3) is 0.625. The standard InChI is InChI=1S/C16H24N2/c17-11-14-6-1-2-7-15(14)12-18-10-9-13-5-3-4-8-16(13)18/h1-2,6-7,13,16H,3-5,8-12,17H2. The van der Waals surface area contributed by atoms with Crippen LogP contribution in [0.1, 0.15) is 43.2 Å². The largest absolute Gasteiger partial charge is 0.326 e. The molecule has 1 aromatic rings. The molecule has 98 valence electrons. The highest BCUT2D eigenvalue weighted by Crippen LogP contribution is 2.37. The van der Waals surface area contributed by atoms with Gasteiger partial charge in [0.25, 0.3) is 0 Å². The summed E-state index contributed by atoms with van der Waals surface area (Å²) >= 11 is 0. The van der Waals surface area contributed by atoms with Crippen molar-refractivity contribution >= 4 is 0 Å². The first-order valence-electron chi connectivity index (χ1n) is 7.39. The zero-order valence-corrected chi connectivity index (χ0v) is 11.1. The molecule has 3 rings (SSSR count). The van der Waals surface area contributed by atoms with E-state index in [-0.39, 0.29) is 0 Å².